The molecular weight excluding hydrogens is 307 g/mol. The summed E-state index contributed by atoms with van der Waals surface area (Å²) in [7, 11) is 0. The molecule has 3 heterocycles. The molecule has 3 atom stereocenters. The van der Waals surface area contributed by atoms with Crippen molar-refractivity contribution in [3.63, 3.8) is 0 Å². The van der Waals surface area contributed by atoms with Crippen molar-refractivity contribution < 1.29 is 22.5 Å². The summed E-state index contributed by atoms with van der Waals surface area (Å²) in [4.78, 5) is 0. The van der Waals surface area contributed by atoms with Gasteiger partial charge < -0.3 is 10.1 Å². The van der Waals surface area contributed by atoms with E-state index in [-0.39, 0.29) is 12.5 Å². The second-order valence-corrected chi connectivity index (χ2v) is 6.46. The number of rotatable bonds is 6. The first-order chi connectivity index (χ1) is 10.0. The molecule has 0 amide bonds. The van der Waals surface area contributed by atoms with Crippen LogP contribution in [0.1, 0.15) is 32.1 Å². The van der Waals surface area contributed by atoms with Crippen LogP contribution in [0.15, 0.2) is 9.65 Å². The van der Waals surface area contributed by atoms with Gasteiger partial charge in [-0.3, -0.25) is 0 Å². The third-order valence-corrected chi connectivity index (χ3v) is 4.79. The van der Waals surface area contributed by atoms with E-state index in [4.69, 9.17) is 4.74 Å². The van der Waals surface area contributed by atoms with E-state index in [9.17, 15) is 13.2 Å². The molecule has 2 aliphatic rings. The first kappa shape index (κ1) is 15.0. The van der Waals surface area contributed by atoms with E-state index in [1.54, 1.807) is 0 Å². The third-order valence-electron chi connectivity index (χ3n) is 3.78. The fourth-order valence-electron chi connectivity index (χ4n) is 2.82. The molecule has 1 aromatic heterocycles. The van der Waals surface area contributed by atoms with E-state index in [1.807, 2.05) is 0 Å². The average Bonchev–Trinajstić information content (AvgIpc) is 3.10. The molecule has 2 bridgehead atoms. The van der Waals surface area contributed by atoms with Gasteiger partial charge in [0.1, 0.15) is 6.10 Å². The molecule has 3 rings (SSSR count). The number of nitrogens with zero attached hydrogens (tertiary/aromatic N) is 2. The van der Waals surface area contributed by atoms with E-state index in [1.165, 1.54) is 18.2 Å². The average molecular weight is 323 g/mol. The summed E-state index contributed by atoms with van der Waals surface area (Å²) in [5, 5.41) is 11.3. The number of alkyl halides is 3. The number of thioether (sulfide) groups is 1. The van der Waals surface area contributed by atoms with Crippen LogP contribution in [0.5, 0.6) is 5.88 Å². The molecule has 3 unspecified atom stereocenters. The Hall–Kier alpha value is -0.960. The van der Waals surface area contributed by atoms with E-state index >= 15 is 0 Å². The van der Waals surface area contributed by atoms with Crippen molar-refractivity contribution in [1.29, 1.82) is 0 Å². The molecule has 9 heteroatoms. The second kappa shape index (κ2) is 6.04. The highest BCUT2D eigenvalue weighted by Crippen LogP contribution is 2.34. The van der Waals surface area contributed by atoms with Crippen LogP contribution in [-0.4, -0.2) is 40.4 Å². The Bertz CT molecular complexity index is 483. The van der Waals surface area contributed by atoms with Crippen LogP contribution in [0, 0.1) is 0 Å². The molecular formula is C12H16F3N3O2S. The lowest BCUT2D eigenvalue weighted by Crippen LogP contribution is -2.31. The maximum Gasteiger partial charge on any atom is 0.389 e. The zero-order valence-corrected chi connectivity index (χ0v) is 12.0. The molecule has 2 aliphatic heterocycles. The molecule has 21 heavy (non-hydrogen) atoms. The molecule has 1 aromatic rings. The first-order valence-corrected chi connectivity index (χ1v) is 7.94. The van der Waals surface area contributed by atoms with Gasteiger partial charge in [-0.15, -0.1) is 0 Å². The fourth-order valence-corrected chi connectivity index (χ4v) is 3.60. The largest absolute Gasteiger partial charge is 0.468 e. The van der Waals surface area contributed by atoms with Gasteiger partial charge >= 0.3 is 6.18 Å². The Morgan fingerprint density at radius 1 is 1.33 bits per heavy atom. The Labute approximate surface area is 123 Å². The summed E-state index contributed by atoms with van der Waals surface area (Å²) in [6.07, 6.45) is -1.65. The number of halogens is 3. The van der Waals surface area contributed by atoms with Gasteiger partial charge in [0.15, 0.2) is 0 Å². The minimum Gasteiger partial charge on any atom is -0.468 e. The van der Waals surface area contributed by atoms with Crippen LogP contribution in [-0.2, 0) is 0 Å². The molecule has 2 fully saturated rings. The smallest absolute Gasteiger partial charge is 0.389 e. The zero-order valence-electron chi connectivity index (χ0n) is 11.2. The molecule has 5 nitrogen and oxygen atoms in total. The summed E-state index contributed by atoms with van der Waals surface area (Å²) in [6, 6.07) is 0.831. The van der Waals surface area contributed by atoms with Crippen molar-refractivity contribution in [3.05, 3.63) is 0 Å². The normalized spacial score (nSPS) is 28.2. The number of hydrogen-bond acceptors (Lipinski definition) is 6. The standard InChI is InChI=1S/C12H16F3N3O2S/c13-12(14,15)4-1-5-21-11-10(17-20-18-11)19-9-6-7-2-3-8(9)16-7/h7-9,16H,1-6H2. The first-order valence-electron chi connectivity index (χ1n) is 6.96. The van der Waals surface area contributed by atoms with Crippen LogP contribution < -0.4 is 10.1 Å². The fraction of sp³-hybridized carbons (Fsp3) is 0.833. The van der Waals surface area contributed by atoms with Crippen LogP contribution in [0.25, 0.3) is 0 Å². The van der Waals surface area contributed by atoms with E-state index in [2.05, 4.69) is 20.3 Å². The number of ether oxygens (including phenoxy) is 1. The summed E-state index contributed by atoms with van der Waals surface area (Å²) < 4.78 is 46.7. The van der Waals surface area contributed by atoms with E-state index in [0.29, 0.717) is 28.7 Å². The van der Waals surface area contributed by atoms with Crippen LogP contribution in [0.3, 0.4) is 0 Å². The van der Waals surface area contributed by atoms with Crippen molar-refractivity contribution in [1.82, 2.24) is 15.6 Å². The number of fused-ring (bicyclic) bond motifs is 2. The third kappa shape index (κ3) is 3.82. The van der Waals surface area contributed by atoms with Crippen molar-refractivity contribution >= 4 is 11.8 Å². The summed E-state index contributed by atoms with van der Waals surface area (Å²) in [5.41, 5.74) is 0. The van der Waals surface area contributed by atoms with Crippen LogP contribution in [0.2, 0.25) is 0 Å². The van der Waals surface area contributed by atoms with Gasteiger partial charge in [-0.05, 0) is 29.6 Å². The SMILES string of the molecule is FC(F)(F)CCCSc1nonc1OC1CC2CCC1N2. The predicted octanol–water partition coefficient (Wildman–Crippen LogP) is 2.78. The van der Waals surface area contributed by atoms with Gasteiger partial charge in [0, 0.05) is 30.7 Å². The Morgan fingerprint density at radius 2 is 2.19 bits per heavy atom. The highest BCUT2D eigenvalue weighted by Gasteiger charge is 2.41. The number of nitrogens with one attached hydrogen (secondary N) is 1. The number of hydrogen-bond donors (Lipinski definition) is 1. The zero-order chi connectivity index (χ0) is 14.9. The lowest BCUT2D eigenvalue weighted by Gasteiger charge is -2.20. The summed E-state index contributed by atoms with van der Waals surface area (Å²) in [6.45, 7) is 0. The lowest BCUT2D eigenvalue weighted by atomic mass is 9.98. The van der Waals surface area contributed by atoms with Crippen LogP contribution >= 0.6 is 11.8 Å². The quantitative estimate of drug-likeness (QED) is 0.642. The molecule has 2 saturated heterocycles. The van der Waals surface area contributed by atoms with Gasteiger partial charge in [0.2, 0.25) is 5.03 Å². The molecule has 0 aliphatic carbocycles. The molecule has 0 radical (unpaired) electrons. The highest BCUT2D eigenvalue weighted by molar-refractivity contribution is 7.99. The van der Waals surface area contributed by atoms with Crippen molar-refractivity contribution in [3.8, 4) is 5.88 Å². The monoisotopic (exact) mass is 323 g/mol. The van der Waals surface area contributed by atoms with E-state index < -0.39 is 12.6 Å². The van der Waals surface area contributed by atoms with Crippen molar-refractivity contribution in [2.24, 2.45) is 0 Å². The van der Waals surface area contributed by atoms with Gasteiger partial charge in [0.25, 0.3) is 5.88 Å². The lowest BCUT2D eigenvalue weighted by molar-refractivity contribution is -0.134. The van der Waals surface area contributed by atoms with Gasteiger partial charge in [-0.25, -0.2) is 4.63 Å². The van der Waals surface area contributed by atoms with Gasteiger partial charge in [-0.2, -0.15) is 13.2 Å². The summed E-state index contributed by atoms with van der Waals surface area (Å²) >= 11 is 1.19. The minimum atomic E-state index is -4.11. The minimum absolute atomic E-state index is 0.0378. The predicted molar refractivity (Wildman–Crippen MR) is 69.3 cm³/mol. The topological polar surface area (TPSA) is 60.2 Å². The highest BCUT2D eigenvalue weighted by atomic mass is 32.2. The van der Waals surface area contributed by atoms with E-state index in [0.717, 1.165) is 12.8 Å². The van der Waals surface area contributed by atoms with Crippen LogP contribution in [0.4, 0.5) is 13.2 Å². The maximum absolute atomic E-state index is 12.1. The second-order valence-electron chi connectivity index (χ2n) is 5.38. The summed E-state index contributed by atoms with van der Waals surface area (Å²) in [5.74, 6) is 0.602. The molecule has 1 N–H and O–H groups in total. The Kier molecular flexibility index (Phi) is 4.30. The van der Waals surface area contributed by atoms with Crippen molar-refractivity contribution in [2.45, 2.75) is 61.5 Å². The molecule has 0 saturated carbocycles. The molecule has 0 spiro atoms. The molecule has 118 valence electrons. The van der Waals surface area contributed by atoms with Crippen molar-refractivity contribution in [2.75, 3.05) is 5.75 Å². The number of aromatic nitrogens is 2. The van der Waals surface area contributed by atoms with Gasteiger partial charge in [0.05, 0.1) is 0 Å². The Balaban J connectivity index is 1.48. The van der Waals surface area contributed by atoms with Gasteiger partial charge in [-0.1, -0.05) is 11.8 Å². The molecule has 0 aromatic carbocycles. The maximum atomic E-state index is 12.1. The Morgan fingerprint density at radius 3 is 2.86 bits per heavy atom.